The molecular weight excluding hydrogens is 240 g/mol. The third kappa shape index (κ3) is 2.90. The van der Waals surface area contributed by atoms with Crippen LogP contribution in [0.25, 0.3) is 0 Å². The van der Waals surface area contributed by atoms with Crippen LogP contribution in [0.3, 0.4) is 0 Å². The van der Waals surface area contributed by atoms with Crippen molar-refractivity contribution in [3.8, 4) is 0 Å². The van der Waals surface area contributed by atoms with Crippen molar-refractivity contribution >= 4 is 11.3 Å². The Labute approximate surface area is 103 Å². The van der Waals surface area contributed by atoms with E-state index in [0.29, 0.717) is 12.1 Å². The van der Waals surface area contributed by atoms with Gasteiger partial charge in [0.2, 0.25) is 0 Å². The van der Waals surface area contributed by atoms with E-state index in [4.69, 9.17) is 0 Å². The monoisotopic (exact) mass is 253 g/mol. The summed E-state index contributed by atoms with van der Waals surface area (Å²) in [6.07, 6.45) is 0. The summed E-state index contributed by atoms with van der Waals surface area (Å²) in [6.45, 7) is 2.33. The second-order valence-electron chi connectivity index (χ2n) is 3.83. The second-order valence-corrected chi connectivity index (χ2v) is 4.81. The smallest absolute Gasteiger partial charge is 0.163 e. The predicted molar refractivity (Wildman–Crippen MR) is 65.9 cm³/mol. The Hall–Kier alpha value is -1.26. The van der Waals surface area contributed by atoms with E-state index in [0.717, 1.165) is 6.07 Å². The molecule has 2 rings (SSSR count). The Kier molecular flexibility index (Phi) is 3.86. The molecule has 17 heavy (non-hydrogen) atoms. The van der Waals surface area contributed by atoms with E-state index >= 15 is 0 Å². The molecule has 1 atom stereocenters. The summed E-state index contributed by atoms with van der Waals surface area (Å²) in [4.78, 5) is 1.18. The highest BCUT2D eigenvalue weighted by atomic mass is 32.1. The van der Waals surface area contributed by atoms with Gasteiger partial charge in [0.25, 0.3) is 0 Å². The van der Waals surface area contributed by atoms with E-state index in [9.17, 15) is 8.78 Å². The molecule has 1 unspecified atom stereocenters. The molecule has 1 aromatic carbocycles. The topological polar surface area (TPSA) is 12.0 Å². The van der Waals surface area contributed by atoms with Gasteiger partial charge in [-0.15, -0.1) is 11.3 Å². The zero-order valence-electron chi connectivity index (χ0n) is 9.41. The van der Waals surface area contributed by atoms with E-state index in [1.807, 2.05) is 24.4 Å². The molecule has 0 aliphatic rings. The van der Waals surface area contributed by atoms with Crippen LogP contribution in [0.15, 0.2) is 35.7 Å². The summed E-state index contributed by atoms with van der Waals surface area (Å²) in [5.41, 5.74) is 0.355. The average molecular weight is 253 g/mol. The van der Waals surface area contributed by atoms with Gasteiger partial charge in [-0.25, -0.2) is 8.78 Å². The van der Waals surface area contributed by atoms with Crippen LogP contribution in [-0.2, 0) is 6.54 Å². The lowest BCUT2D eigenvalue weighted by atomic mass is 10.2. The summed E-state index contributed by atoms with van der Waals surface area (Å²) in [7, 11) is 0. The zero-order chi connectivity index (χ0) is 12.3. The van der Waals surface area contributed by atoms with E-state index in [2.05, 4.69) is 5.32 Å². The van der Waals surface area contributed by atoms with E-state index in [1.165, 1.54) is 10.9 Å². The Morgan fingerprint density at radius 2 is 2.06 bits per heavy atom. The van der Waals surface area contributed by atoms with Crippen molar-refractivity contribution in [2.24, 2.45) is 0 Å². The van der Waals surface area contributed by atoms with Gasteiger partial charge in [0.1, 0.15) is 0 Å². The summed E-state index contributed by atoms with van der Waals surface area (Å²) in [5, 5.41) is 5.17. The van der Waals surface area contributed by atoms with Crippen LogP contribution in [0, 0.1) is 11.6 Å². The van der Waals surface area contributed by atoms with Crippen LogP contribution in [0.2, 0.25) is 0 Å². The molecule has 1 N–H and O–H groups in total. The van der Waals surface area contributed by atoms with Gasteiger partial charge in [-0.05, 0) is 24.4 Å². The predicted octanol–water partition coefficient (Wildman–Crippen LogP) is 3.88. The fourth-order valence-electron chi connectivity index (χ4n) is 1.59. The molecule has 1 heterocycles. The van der Waals surface area contributed by atoms with Crippen LogP contribution in [0.5, 0.6) is 0 Å². The second kappa shape index (κ2) is 5.38. The number of hydrogen-bond donors (Lipinski definition) is 1. The van der Waals surface area contributed by atoms with Gasteiger partial charge in [-0.2, -0.15) is 0 Å². The van der Waals surface area contributed by atoms with Crippen molar-refractivity contribution in [1.29, 1.82) is 0 Å². The molecule has 0 spiro atoms. The maximum absolute atomic E-state index is 13.4. The molecule has 0 amide bonds. The Balaban J connectivity index is 2.00. The third-order valence-corrected chi connectivity index (χ3v) is 3.66. The third-order valence-electron chi connectivity index (χ3n) is 2.60. The molecule has 4 heteroatoms. The average Bonchev–Trinajstić information content (AvgIpc) is 2.84. The molecule has 0 fully saturated rings. The lowest BCUT2D eigenvalue weighted by molar-refractivity contribution is 0.485. The van der Waals surface area contributed by atoms with Crippen molar-refractivity contribution in [2.45, 2.75) is 19.5 Å². The van der Waals surface area contributed by atoms with Gasteiger partial charge in [-0.1, -0.05) is 18.2 Å². The van der Waals surface area contributed by atoms with Crippen LogP contribution >= 0.6 is 11.3 Å². The Bertz CT molecular complexity index is 482. The first kappa shape index (κ1) is 12.2. The molecule has 1 aromatic heterocycles. The van der Waals surface area contributed by atoms with Gasteiger partial charge in [0.05, 0.1) is 0 Å². The summed E-state index contributed by atoms with van der Waals surface area (Å²) >= 11 is 1.64. The molecule has 0 radical (unpaired) electrons. The van der Waals surface area contributed by atoms with E-state index in [-0.39, 0.29) is 6.04 Å². The highest BCUT2D eigenvalue weighted by Crippen LogP contribution is 2.19. The maximum Gasteiger partial charge on any atom is 0.163 e. The quantitative estimate of drug-likeness (QED) is 0.872. The van der Waals surface area contributed by atoms with Gasteiger partial charge in [0.15, 0.2) is 11.6 Å². The number of halogens is 2. The molecule has 0 aliphatic carbocycles. The summed E-state index contributed by atoms with van der Waals surface area (Å²) in [6, 6.07) is 8.36. The minimum absolute atomic E-state index is 0.137. The van der Waals surface area contributed by atoms with Crippen LogP contribution < -0.4 is 5.32 Å². The van der Waals surface area contributed by atoms with E-state index < -0.39 is 11.6 Å². The molecule has 0 aliphatic heterocycles. The summed E-state index contributed by atoms with van der Waals surface area (Å²) in [5.74, 6) is -1.56. The minimum atomic E-state index is -0.798. The van der Waals surface area contributed by atoms with Gasteiger partial charge in [0, 0.05) is 23.0 Å². The Morgan fingerprint density at radius 1 is 1.24 bits per heavy atom. The fraction of sp³-hybridized carbons (Fsp3) is 0.231. The van der Waals surface area contributed by atoms with Crippen molar-refractivity contribution in [2.75, 3.05) is 0 Å². The van der Waals surface area contributed by atoms with Crippen LogP contribution in [0.4, 0.5) is 8.78 Å². The Morgan fingerprint density at radius 3 is 2.76 bits per heavy atom. The first-order valence-electron chi connectivity index (χ1n) is 5.38. The van der Waals surface area contributed by atoms with Gasteiger partial charge in [-0.3, -0.25) is 0 Å². The lowest BCUT2D eigenvalue weighted by Crippen LogP contribution is -2.18. The molecule has 2 aromatic rings. The minimum Gasteiger partial charge on any atom is -0.305 e. The maximum atomic E-state index is 13.4. The standard InChI is InChI=1S/C13H13F2NS/c1-9(12-6-3-7-17-12)16-8-10-4-2-5-11(14)13(10)15/h2-7,9,16H,8H2,1H3. The molecule has 0 saturated heterocycles. The van der Waals surface area contributed by atoms with Crippen molar-refractivity contribution < 1.29 is 8.78 Å². The first-order chi connectivity index (χ1) is 8.18. The number of nitrogens with one attached hydrogen (secondary N) is 1. The summed E-state index contributed by atoms with van der Waals surface area (Å²) < 4.78 is 26.4. The number of thiophene rings is 1. The van der Waals surface area contributed by atoms with Gasteiger partial charge < -0.3 is 5.32 Å². The molecular formula is C13H13F2NS. The van der Waals surface area contributed by atoms with E-state index in [1.54, 1.807) is 17.4 Å². The van der Waals surface area contributed by atoms with Crippen molar-refractivity contribution in [3.05, 3.63) is 57.8 Å². The number of benzene rings is 1. The molecule has 0 bridgehead atoms. The molecule has 90 valence electrons. The lowest BCUT2D eigenvalue weighted by Gasteiger charge is -2.12. The highest BCUT2D eigenvalue weighted by molar-refractivity contribution is 7.10. The van der Waals surface area contributed by atoms with Crippen molar-refractivity contribution in [1.82, 2.24) is 5.32 Å². The normalized spacial score (nSPS) is 12.6. The van der Waals surface area contributed by atoms with Crippen LogP contribution in [0.1, 0.15) is 23.4 Å². The molecule has 0 saturated carbocycles. The largest absolute Gasteiger partial charge is 0.305 e. The number of rotatable bonds is 4. The highest BCUT2D eigenvalue weighted by Gasteiger charge is 2.10. The van der Waals surface area contributed by atoms with Crippen molar-refractivity contribution in [3.63, 3.8) is 0 Å². The fourth-order valence-corrected chi connectivity index (χ4v) is 2.35. The van der Waals surface area contributed by atoms with Crippen LogP contribution in [-0.4, -0.2) is 0 Å². The SMILES string of the molecule is CC(NCc1cccc(F)c1F)c1cccs1. The van der Waals surface area contributed by atoms with Gasteiger partial charge >= 0.3 is 0 Å². The molecule has 1 nitrogen and oxygen atoms in total. The zero-order valence-corrected chi connectivity index (χ0v) is 10.2. The number of hydrogen-bond acceptors (Lipinski definition) is 2. The first-order valence-corrected chi connectivity index (χ1v) is 6.26.